The molecule has 2 saturated carbocycles. The van der Waals surface area contributed by atoms with E-state index in [0.29, 0.717) is 24.3 Å². The second kappa shape index (κ2) is 6.64. The van der Waals surface area contributed by atoms with E-state index in [2.05, 4.69) is 15.9 Å². The van der Waals surface area contributed by atoms with Gasteiger partial charge < -0.3 is 14.7 Å². The van der Waals surface area contributed by atoms with Gasteiger partial charge in [-0.1, -0.05) is 24.3 Å². The number of aromatic hydroxyl groups is 1. The van der Waals surface area contributed by atoms with E-state index in [-0.39, 0.29) is 29.1 Å². The van der Waals surface area contributed by atoms with Crippen molar-refractivity contribution in [3.8, 4) is 5.75 Å². The lowest BCUT2D eigenvalue weighted by Gasteiger charge is -2.64. The number of carbonyl (C=O) groups excluding carboxylic acids is 1. The molecular formula is C29H32N2O3. The highest BCUT2D eigenvalue weighted by Crippen LogP contribution is 2.69. The monoisotopic (exact) mass is 456 g/mol. The third kappa shape index (κ3) is 2.35. The van der Waals surface area contributed by atoms with Crippen molar-refractivity contribution in [1.29, 1.82) is 0 Å². The molecule has 6 aliphatic rings. The number of carbonyl (C=O) groups is 1. The molecule has 3 aliphatic heterocycles. The van der Waals surface area contributed by atoms with E-state index in [9.17, 15) is 9.90 Å². The molecule has 3 aliphatic carbocycles. The molecular weight excluding hydrogens is 424 g/mol. The van der Waals surface area contributed by atoms with Crippen molar-refractivity contribution < 1.29 is 14.6 Å². The van der Waals surface area contributed by atoms with Crippen molar-refractivity contribution in [2.45, 2.75) is 67.7 Å². The van der Waals surface area contributed by atoms with Gasteiger partial charge in [-0.2, -0.15) is 0 Å². The number of fused-ring (bicyclic) bond motifs is 1. The zero-order valence-electron chi connectivity index (χ0n) is 19.5. The molecule has 3 saturated heterocycles. The standard InChI is InChI=1S/C29H32N2O3/c32-21-9-8-20-14-25-29-11-10-23-26(24(34-29)17-31(23)27(33)19-4-2-1-3-5-19)28(29,22(20)15-21)12-13-30(25)16-18-6-7-18/h1-5,8-9,15,18,23-26,32H,6-7,10-14,16-17H2/t23-,24-,25-,26+,28+,29-/m1/s1. The van der Waals surface area contributed by atoms with Crippen LogP contribution in [0.1, 0.15) is 53.6 Å². The summed E-state index contributed by atoms with van der Waals surface area (Å²) in [5, 5.41) is 10.6. The molecule has 6 atom stereocenters. The van der Waals surface area contributed by atoms with Gasteiger partial charge in [-0.05, 0) is 86.4 Å². The molecule has 5 heteroatoms. The summed E-state index contributed by atoms with van der Waals surface area (Å²) in [6.07, 6.45) is 6.93. The third-order valence-corrected chi connectivity index (χ3v) is 10.3. The van der Waals surface area contributed by atoms with E-state index in [4.69, 9.17) is 4.74 Å². The lowest BCUT2D eigenvalue weighted by atomic mass is 9.46. The lowest BCUT2D eigenvalue weighted by Crippen LogP contribution is -2.74. The Morgan fingerprint density at radius 2 is 1.94 bits per heavy atom. The summed E-state index contributed by atoms with van der Waals surface area (Å²) in [6.45, 7) is 3.00. The average molecular weight is 457 g/mol. The van der Waals surface area contributed by atoms with Crippen LogP contribution in [0.2, 0.25) is 0 Å². The zero-order valence-corrected chi connectivity index (χ0v) is 19.5. The van der Waals surface area contributed by atoms with Crippen LogP contribution in [0.25, 0.3) is 0 Å². The Kier molecular flexibility index (Phi) is 3.88. The number of phenolic OH excluding ortho intramolecular Hbond substituents is 1. The largest absolute Gasteiger partial charge is 0.508 e. The van der Waals surface area contributed by atoms with Crippen LogP contribution >= 0.6 is 0 Å². The van der Waals surface area contributed by atoms with Crippen molar-refractivity contribution in [1.82, 2.24) is 9.80 Å². The predicted octanol–water partition coefficient (Wildman–Crippen LogP) is 3.74. The van der Waals surface area contributed by atoms with Crippen molar-refractivity contribution in [2.75, 3.05) is 19.6 Å². The van der Waals surface area contributed by atoms with E-state index >= 15 is 0 Å². The van der Waals surface area contributed by atoms with Crippen LogP contribution in [0, 0.1) is 11.8 Å². The Labute approximate surface area is 200 Å². The van der Waals surface area contributed by atoms with Crippen molar-refractivity contribution >= 4 is 5.91 Å². The minimum Gasteiger partial charge on any atom is -0.508 e. The summed E-state index contributed by atoms with van der Waals surface area (Å²) in [5.41, 5.74) is 3.19. The molecule has 34 heavy (non-hydrogen) atoms. The fourth-order valence-electron chi connectivity index (χ4n) is 9.00. The normalized spacial score (nSPS) is 39.6. The van der Waals surface area contributed by atoms with E-state index in [1.165, 1.54) is 30.5 Å². The van der Waals surface area contributed by atoms with E-state index < -0.39 is 0 Å². The molecule has 0 unspecified atom stereocenters. The first-order chi connectivity index (χ1) is 16.6. The van der Waals surface area contributed by atoms with Gasteiger partial charge in [0.15, 0.2) is 0 Å². The van der Waals surface area contributed by atoms with Gasteiger partial charge in [0.25, 0.3) is 5.91 Å². The molecule has 1 N–H and O–H groups in total. The quantitative estimate of drug-likeness (QED) is 0.765. The van der Waals surface area contributed by atoms with Gasteiger partial charge in [0.1, 0.15) is 5.75 Å². The van der Waals surface area contributed by atoms with E-state index in [1.54, 1.807) is 0 Å². The lowest BCUT2D eigenvalue weighted by molar-refractivity contribution is -0.171. The Bertz CT molecular complexity index is 1180. The summed E-state index contributed by atoms with van der Waals surface area (Å²) in [5.74, 6) is 1.67. The summed E-state index contributed by atoms with van der Waals surface area (Å²) in [4.78, 5) is 18.5. The maximum absolute atomic E-state index is 13.6. The Hall–Kier alpha value is -2.37. The van der Waals surface area contributed by atoms with E-state index in [0.717, 1.165) is 43.7 Å². The van der Waals surface area contributed by atoms with Gasteiger partial charge in [-0.3, -0.25) is 9.69 Å². The number of benzene rings is 2. The maximum Gasteiger partial charge on any atom is 0.254 e. The molecule has 5 nitrogen and oxygen atoms in total. The number of rotatable bonds is 3. The summed E-state index contributed by atoms with van der Waals surface area (Å²) in [7, 11) is 0. The number of ether oxygens (including phenoxy) is 1. The van der Waals surface area contributed by atoms with Crippen molar-refractivity contribution in [3.05, 3.63) is 65.2 Å². The maximum atomic E-state index is 13.6. The molecule has 2 aromatic rings. The minimum absolute atomic E-state index is 0.0804. The first-order valence-electron chi connectivity index (χ1n) is 13.2. The second-order valence-electron chi connectivity index (χ2n) is 11.7. The van der Waals surface area contributed by atoms with Crippen LogP contribution in [-0.4, -0.2) is 64.2 Å². The molecule has 4 bridgehead atoms. The molecule has 0 spiro atoms. The first-order valence-corrected chi connectivity index (χ1v) is 13.2. The minimum atomic E-state index is -0.186. The molecule has 8 rings (SSSR count). The molecule has 0 radical (unpaired) electrons. The average Bonchev–Trinajstić information content (AvgIpc) is 3.55. The number of hydrogen-bond acceptors (Lipinski definition) is 4. The van der Waals surface area contributed by atoms with Gasteiger partial charge in [0.2, 0.25) is 0 Å². The number of likely N-dealkylation sites (tertiary alicyclic amines) is 2. The van der Waals surface area contributed by atoms with Crippen molar-refractivity contribution in [3.63, 3.8) is 0 Å². The number of phenols is 1. The smallest absolute Gasteiger partial charge is 0.254 e. The van der Waals surface area contributed by atoms with Crippen LogP contribution in [0.4, 0.5) is 0 Å². The topological polar surface area (TPSA) is 53.0 Å². The van der Waals surface area contributed by atoms with Gasteiger partial charge in [-0.15, -0.1) is 0 Å². The van der Waals surface area contributed by atoms with Crippen LogP contribution in [0.5, 0.6) is 5.75 Å². The van der Waals surface area contributed by atoms with E-state index in [1.807, 2.05) is 42.5 Å². The molecule has 2 aromatic carbocycles. The molecule has 0 aromatic heterocycles. The van der Waals surface area contributed by atoms with Gasteiger partial charge in [0.05, 0.1) is 11.7 Å². The number of nitrogens with zero attached hydrogens (tertiary/aromatic N) is 2. The van der Waals surface area contributed by atoms with Crippen molar-refractivity contribution in [2.24, 2.45) is 11.8 Å². The fraction of sp³-hybridized carbons (Fsp3) is 0.552. The number of piperidine rings is 1. The first kappa shape index (κ1) is 19.9. The third-order valence-electron chi connectivity index (χ3n) is 10.3. The number of hydrogen-bond donors (Lipinski definition) is 1. The van der Waals surface area contributed by atoms with Crippen LogP contribution in [0.3, 0.4) is 0 Å². The Morgan fingerprint density at radius 1 is 1.09 bits per heavy atom. The highest BCUT2D eigenvalue weighted by Gasteiger charge is 2.78. The molecule has 1 amide bonds. The highest BCUT2D eigenvalue weighted by atomic mass is 16.5. The Morgan fingerprint density at radius 3 is 2.76 bits per heavy atom. The highest BCUT2D eigenvalue weighted by molar-refractivity contribution is 5.94. The molecule has 176 valence electrons. The predicted molar refractivity (Wildman–Crippen MR) is 128 cm³/mol. The van der Waals surface area contributed by atoms with Gasteiger partial charge in [-0.25, -0.2) is 0 Å². The van der Waals surface area contributed by atoms with Crippen LogP contribution in [-0.2, 0) is 16.6 Å². The van der Waals surface area contributed by atoms with Gasteiger partial charge in [0, 0.05) is 42.1 Å². The number of amides is 1. The van der Waals surface area contributed by atoms with Gasteiger partial charge >= 0.3 is 0 Å². The SMILES string of the molecule is O=C(c1ccccc1)N1C[C@H]2O[C@@]34CC[C@@H]1[C@@H]2[C@@]31CCN(CC2CC2)[C@@H]4Cc2ccc(O)cc21. The molecule has 5 fully saturated rings. The zero-order chi connectivity index (χ0) is 22.7. The van der Waals surface area contributed by atoms with Crippen LogP contribution < -0.4 is 0 Å². The summed E-state index contributed by atoms with van der Waals surface area (Å²) < 4.78 is 7.25. The summed E-state index contributed by atoms with van der Waals surface area (Å²) >= 11 is 0. The fourth-order valence-corrected chi connectivity index (χ4v) is 9.00. The Balaban J connectivity index is 1.25. The van der Waals surface area contributed by atoms with Crippen LogP contribution in [0.15, 0.2) is 48.5 Å². The summed E-state index contributed by atoms with van der Waals surface area (Å²) in [6, 6.07) is 16.4. The second-order valence-corrected chi connectivity index (χ2v) is 11.7. The molecule has 3 heterocycles.